The Morgan fingerprint density at radius 1 is 1.46 bits per heavy atom. The molecule has 2 heterocycles. The normalized spacial score (nSPS) is 15.8. The van der Waals surface area contributed by atoms with Crippen molar-refractivity contribution >= 4 is 18.2 Å². The molecule has 0 aliphatic carbocycles. The fraction of sp³-hybridized carbons (Fsp3) is 0.100. The summed E-state index contributed by atoms with van der Waals surface area (Å²) >= 11 is 4.15. The van der Waals surface area contributed by atoms with Gasteiger partial charge >= 0.3 is 0 Å². The molecular formula is C10H9NOS. The van der Waals surface area contributed by atoms with Crippen LogP contribution < -0.4 is 0 Å². The summed E-state index contributed by atoms with van der Waals surface area (Å²) in [5, 5.41) is 0.654. The van der Waals surface area contributed by atoms with Crippen molar-refractivity contribution < 1.29 is 4.74 Å². The van der Waals surface area contributed by atoms with E-state index in [1.165, 1.54) is 0 Å². The van der Waals surface area contributed by atoms with Crippen LogP contribution in [0.1, 0.15) is 5.56 Å². The summed E-state index contributed by atoms with van der Waals surface area (Å²) in [6.45, 7) is 0.583. The second-order valence-corrected chi connectivity index (χ2v) is 3.14. The predicted molar refractivity (Wildman–Crippen MR) is 55.2 cm³/mol. The third-order valence-electron chi connectivity index (χ3n) is 1.81. The summed E-state index contributed by atoms with van der Waals surface area (Å²) in [6.07, 6.45) is 7.49. The molecule has 1 aliphatic rings. The standard InChI is InChI=1S/C10H9NOS/c13-10-6-8(3-5-12-10)9-2-1-4-11-7-9/h1-4,6-7,13H,5H2. The predicted octanol–water partition coefficient (Wildman–Crippen LogP) is 2.27. The van der Waals surface area contributed by atoms with Gasteiger partial charge in [0.25, 0.3) is 0 Å². The summed E-state index contributed by atoms with van der Waals surface area (Å²) < 4.78 is 5.16. The molecule has 1 aliphatic heterocycles. The molecule has 2 rings (SSSR count). The van der Waals surface area contributed by atoms with E-state index in [1.54, 1.807) is 6.20 Å². The Hall–Kier alpha value is -1.22. The van der Waals surface area contributed by atoms with E-state index < -0.39 is 0 Å². The fourth-order valence-corrected chi connectivity index (χ4v) is 1.40. The highest BCUT2D eigenvalue weighted by Crippen LogP contribution is 2.21. The van der Waals surface area contributed by atoms with Gasteiger partial charge in [-0.15, -0.1) is 12.6 Å². The van der Waals surface area contributed by atoms with Crippen molar-refractivity contribution in [3.05, 3.63) is 47.3 Å². The molecule has 0 fully saturated rings. The lowest BCUT2D eigenvalue weighted by Gasteiger charge is -2.11. The van der Waals surface area contributed by atoms with Crippen molar-refractivity contribution in [2.45, 2.75) is 0 Å². The summed E-state index contributed by atoms with van der Waals surface area (Å²) in [4.78, 5) is 4.05. The lowest BCUT2D eigenvalue weighted by molar-refractivity contribution is 0.276. The molecule has 1 aromatic heterocycles. The molecule has 0 aromatic carbocycles. The second kappa shape index (κ2) is 3.66. The Kier molecular flexibility index (Phi) is 2.36. The Morgan fingerprint density at radius 3 is 3.08 bits per heavy atom. The third kappa shape index (κ3) is 1.92. The first-order chi connectivity index (χ1) is 6.36. The molecule has 2 nitrogen and oxygen atoms in total. The van der Waals surface area contributed by atoms with Crippen LogP contribution >= 0.6 is 12.6 Å². The van der Waals surface area contributed by atoms with Gasteiger partial charge in [0.05, 0.1) is 0 Å². The first-order valence-corrected chi connectivity index (χ1v) is 4.45. The monoisotopic (exact) mass is 191 g/mol. The molecule has 0 saturated carbocycles. The first kappa shape index (κ1) is 8.38. The molecule has 0 bridgehead atoms. The zero-order valence-corrected chi connectivity index (χ0v) is 7.87. The fourth-order valence-electron chi connectivity index (χ4n) is 1.19. The van der Waals surface area contributed by atoms with Crippen LogP contribution in [0.4, 0.5) is 0 Å². The topological polar surface area (TPSA) is 22.1 Å². The van der Waals surface area contributed by atoms with E-state index >= 15 is 0 Å². The number of hydrogen-bond acceptors (Lipinski definition) is 3. The SMILES string of the molecule is SC1=CC(c2cccnc2)=CCO1. The van der Waals surface area contributed by atoms with Gasteiger partial charge in [-0.2, -0.15) is 0 Å². The average molecular weight is 191 g/mol. The highest BCUT2D eigenvalue weighted by atomic mass is 32.1. The van der Waals surface area contributed by atoms with E-state index in [0.29, 0.717) is 11.7 Å². The molecule has 13 heavy (non-hydrogen) atoms. The molecule has 0 N–H and O–H groups in total. The van der Waals surface area contributed by atoms with Gasteiger partial charge in [0.1, 0.15) is 6.61 Å². The third-order valence-corrected chi connectivity index (χ3v) is 2.07. The smallest absolute Gasteiger partial charge is 0.151 e. The largest absolute Gasteiger partial charge is 0.484 e. The highest BCUT2D eigenvalue weighted by molar-refractivity contribution is 7.84. The van der Waals surface area contributed by atoms with Crippen molar-refractivity contribution in [3.8, 4) is 0 Å². The minimum atomic E-state index is 0.583. The van der Waals surface area contributed by atoms with Crippen molar-refractivity contribution in [1.82, 2.24) is 4.98 Å². The lowest BCUT2D eigenvalue weighted by atomic mass is 10.1. The summed E-state index contributed by atoms with van der Waals surface area (Å²) in [7, 11) is 0. The van der Waals surface area contributed by atoms with Crippen LogP contribution in [0.5, 0.6) is 0 Å². The van der Waals surface area contributed by atoms with E-state index in [4.69, 9.17) is 4.74 Å². The molecule has 3 heteroatoms. The van der Waals surface area contributed by atoms with Crippen molar-refractivity contribution in [1.29, 1.82) is 0 Å². The Bertz CT molecular complexity index is 356. The molecule has 0 amide bonds. The molecule has 0 atom stereocenters. The van der Waals surface area contributed by atoms with Crippen LogP contribution in [0.3, 0.4) is 0 Å². The van der Waals surface area contributed by atoms with Gasteiger partial charge in [-0.3, -0.25) is 4.98 Å². The molecule has 66 valence electrons. The van der Waals surface area contributed by atoms with Crippen molar-refractivity contribution in [3.63, 3.8) is 0 Å². The van der Waals surface area contributed by atoms with Gasteiger partial charge in [-0.05, 0) is 29.4 Å². The molecule has 1 aromatic rings. The molecular weight excluding hydrogens is 182 g/mol. The van der Waals surface area contributed by atoms with Crippen LogP contribution in [0, 0.1) is 0 Å². The average Bonchev–Trinajstić information content (AvgIpc) is 2.19. The Morgan fingerprint density at radius 2 is 2.38 bits per heavy atom. The molecule has 0 unspecified atom stereocenters. The summed E-state index contributed by atoms with van der Waals surface area (Å²) in [5.41, 5.74) is 2.21. The van der Waals surface area contributed by atoms with Crippen molar-refractivity contribution in [2.24, 2.45) is 0 Å². The lowest BCUT2D eigenvalue weighted by Crippen LogP contribution is -1.96. The second-order valence-electron chi connectivity index (χ2n) is 2.69. The minimum Gasteiger partial charge on any atom is -0.484 e. The highest BCUT2D eigenvalue weighted by Gasteiger charge is 2.04. The van der Waals surface area contributed by atoms with E-state index in [2.05, 4.69) is 17.6 Å². The van der Waals surface area contributed by atoms with Crippen LogP contribution in [-0.4, -0.2) is 11.6 Å². The molecule has 0 spiro atoms. The number of pyridine rings is 1. The maximum atomic E-state index is 5.16. The zero-order chi connectivity index (χ0) is 9.10. The van der Waals surface area contributed by atoms with E-state index in [9.17, 15) is 0 Å². The van der Waals surface area contributed by atoms with Crippen LogP contribution in [0.15, 0.2) is 41.8 Å². The summed E-state index contributed by atoms with van der Waals surface area (Å²) in [6, 6.07) is 3.93. The molecule has 0 radical (unpaired) electrons. The Labute approximate surface area is 82.4 Å². The number of thiol groups is 1. The number of ether oxygens (including phenoxy) is 1. The van der Waals surface area contributed by atoms with E-state index in [1.807, 2.05) is 30.5 Å². The zero-order valence-electron chi connectivity index (χ0n) is 6.97. The van der Waals surface area contributed by atoms with Crippen LogP contribution in [-0.2, 0) is 4.74 Å². The maximum absolute atomic E-state index is 5.16. The number of nitrogens with zero attached hydrogens (tertiary/aromatic N) is 1. The van der Waals surface area contributed by atoms with Gasteiger partial charge in [-0.1, -0.05) is 6.07 Å². The summed E-state index contributed by atoms with van der Waals surface area (Å²) in [5.74, 6) is 0. The van der Waals surface area contributed by atoms with Gasteiger partial charge < -0.3 is 4.74 Å². The van der Waals surface area contributed by atoms with E-state index in [0.717, 1.165) is 11.1 Å². The van der Waals surface area contributed by atoms with Gasteiger partial charge in [-0.25, -0.2) is 0 Å². The maximum Gasteiger partial charge on any atom is 0.151 e. The van der Waals surface area contributed by atoms with Gasteiger partial charge in [0.15, 0.2) is 5.09 Å². The first-order valence-electron chi connectivity index (χ1n) is 4.00. The van der Waals surface area contributed by atoms with Crippen molar-refractivity contribution in [2.75, 3.05) is 6.61 Å². The number of allylic oxidation sites excluding steroid dienone is 2. The van der Waals surface area contributed by atoms with E-state index in [-0.39, 0.29) is 0 Å². The molecule has 0 saturated heterocycles. The van der Waals surface area contributed by atoms with Gasteiger partial charge in [0.2, 0.25) is 0 Å². The quantitative estimate of drug-likeness (QED) is 0.688. The van der Waals surface area contributed by atoms with Crippen LogP contribution in [0.25, 0.3) is 5.57 Å². The number of aromatic nitrogens is 1. The van der Waals surface area contributed by atoms with Crippen LogP contribution in [0.2, 0.25) is 0 Å². The minimum absolute atomic E-state index is 0.583. The van der Waals surface area contributed by atoms with Gasteiger partial charge in [0, 0.05) is 12.4 Å². The Balaban J connectivity index is 2.33. The number of hydrogen-bond donors (Lipinski definition) is 1. The number of rotatable bonds is 1.